The molecule has 30 heavy (non-hydrogen) atoms. The monoisotopic (exact) mass is 429 g/mol. The molecule has 1 amide bonds. The summed E-state index contributed by atoms with van der Waals surface area (Å²) in [6, 6.07) is 9.28. The van der Waals surface area contributed by atoms with E-state index in [0.29, 0.717) is 49.1 Å². The predicted octanol–water partition coefficient (Wildman–Crippen LogP) is 1.79. The van der Waals surface area contributed by atoms with Crippen molar-refractivity contribution in [1.82, 2.24) is 14.9 Å². The highest BCUT2D eigenvalue weighted by Gasteiger charge is 2.24. The summed E-state index contributed by atoms with van der Waals surface area (Å²) in [5.74, 6) is 0.0355. The summed E-state index contributed by atoms with van der Waals surface area (Å²) in [4.78, 5) is 25.2. The van der Waals surface area contributed by atoms with Crippen molar-refractivity contribution < 1.29 is 17.6 Å². The Morgan fingerprint density at radius 1 is 1.17 bits per heavy atom. The van der Waals surface area contributed by atoms with Crippen LogP contribution in [0.1, 0.15) is 11.1 Å². The van der Waals surface area contributed by atoms with Gasteiger partial charge in [-0.2, -0.15) is 4.98 Å². The molecule has 3 heterocycles. The van der Waals surface area contributed by atoms with Crippen molar-refractivity contribution in [2.45, 2.75) is 13.3 Å². The molecule has 1 aromatic carbocycles. The molecule has 0 radical (unpaired) electrons. The maximum absolute atomic E-state index is 12.6. The number of carbonyl (C=O) groups excluding carboxylic acids is 1. The normalized spacial score (nSPS) is 14.9. The quantitative estimate of drug-likeness (QED) is 0.659. The fraction of sp³-hybridized carbons (Fsp3) is 0.350. The van der Waals surface area contributed by atoms with Crippen molar-refractivity contribution in [2.24, 2.45) is 0 Å². The van der Waals surface area contributed by atoms with Gasteiger partial charge in [0, 0.05) is 38.1 Å². The molecule has 0 atom stereocenters. The number of fused-ring (bicyclic) bond motifs is 1. The first kappa shape index (κ1) is 20.1. The minimum Gasteiger partial charge on any atom is -0.422 e. The van der Waals surface area contributed by atoms with Gasteiger partial charge in [-0.1, -0.05) is 12.1 Å². The second-order valence-corrected chi connectivity index (χ2v) is 9.20. The average molecular weight is 430 g/mol. The molecule has 0 spiro atoms. The molecule has 1 aliphatic heterocycles. The molecule has 9 nitrogen and oxygen atoms in total. The largest absolute Gasteiger partial charge is 0.422 e. The van der Waals surface area contributed by atoms with Crippen LogP contribution in [0.2, 0.25) is 0 Å². The molecule has 3 aromatic rings. The molecule has 1 aliphatic rings. The third-order valence-corrected chi connectivity index (χ3v) is 5.49. The number of piperazine rings is 1. The number of aromatic nitrogens is 2. The van der Waals surface area contributed by atoms with Gasteiger partial charge in [0.05, 0.1) is 12.7 Å². The van der Waals surface area contributed by atoms with E-state index in [1.807, 2.05) is 22.8 Å². The minimum atomic E-state index is -3.32. The van der Waals surface area contributed by atoms with Crippen LogP contribution < -0.4 is 9.62 Å². The van der Waals surface area contributed by atoms with Crippen molar-refractivity contribution in [3.63, 3.8) is 0 Å². The number of benzene rings is 1. The van der Waals surface area contributed by atoms with Gasteiger partial charge in [-0.05, 0) is 36.2 Å². The number of hydrogen-bond donors (Lipinski definition) is 1. The fourth-order valence-corrected chi connectivity index (χ4v) is 3.94. The van der Waals surface area contributed by atoms with Crippen LogP contribution in [0.25, 0.3) is 11.2 Å². The highest BCUT2D eigenvalue weighted by molar-refractivity contribution is 7.92. The van der Waals surface area contributed by atoms with Crippen LogP contribution in [0, 0.1) is 6.92 Å². The van der Waals surface area contributed by atoms with Crippen molar-refractivity contribution in [2.75, 3.05) is 42.1 Å². The summed E-state index contributed by atoms with van der Waals surface area (Å²) in [5.41, 5.74) is 3.58. The van der Waals surface area contributed by atoms with Gasteiger partial charge in [0.2, 0.25) is 21.6 Å². The summed E-state index contributed by atoms with van der Waals surface area (Å²) in [6.45, 7) is 4.38. The number of nitrogens with zero attached hydrogens (tertiary/aromatic N) is 4. The Morgan fingerprint density at radius 2 is 1.87 bits per heavy atom. The SMILES string of the molecule is Cc1cnc2nc(N3CCN(C(=O)Cc4ccc(NS(C)(=O)=O)cc4)CC3)oc2c1. The number of hydrogen-bond acceptors (Lipinski definition) is 7. The van der Waals surface area contributed by atoms with Crippen LogP contribution in [-0.2, 0) is 21.2 Å². The Morgan fingerprint density at radius 3 is 2.53 bits per heavy atom. The first-order valence-electron chi connectivity index (χ1n) is 9.59. The van der Waals surface area contributed by atoms with E-state index in [4.69, 9.17) is 4.42 Å². The fourth-order valence-electron chi connectivity index (χ4n) is 3.38. The topological polar surface area (TPSA) is 109 Å². The zero-order chi connectivity index (χ0) is 21.3. The number of anilines is 2. The van der Waals surface area contributed by atoms with E-state index in [-0.39, 0.29) is 12.3 Å². The van der Waals surface area contributed by atoms with E-state index >= 15 is 0 Å². The lowest BCUT2D eigenvalue weighted by molar-refractivity contribution is -0.130. The molecule has 0 unspecified atom stereocenters. The van der Waals surface area contributed by atoms with Gasteiger partial charge in [-0.25, -0.2) is 13.4 Å². The van der Waals surface area contributed by atoms with Gasteiger partial charge >= 0.3 is 0 Å². The van der Waals surface area contributed by atoms with Gasteiger partial charge in [-0.3, -0.25) is 9.52 Å². The molecule has 0 aliphatic carbocycles. The molecule has 0 saturated carbocycles. The Hall–Kier alpha value is -3.14. The lowest BCUT2D eigenvalue weighted by atomic mass is 10.1. The van der Waals surface area contributed by atoms with E-state index < -0.39 is 10.0 Å². The second kappa shape index (κ2) is 7.94. The van der Waals surface area contributed by atoms with Gasteiger partial charge in [0.25, 0.3) is 6.01 Å². The van der Waals surface area contributed by atoms with E-state index in [2.05, 4.69) is 14.7 Å². The van der Waals surface area contributed by atoms with Crippen LogP contribution in [0.3, 0.4) is 0 Å². The molecular weight excluding hydrogens is 406 g/mol. The van der Waals surface area contributed by atoms with Crippen molar-refractivity contribution in [3.05, 3.63) is 47.7 Å². The number of aryl methyl sites for hydroxylation is 1. The molecule has 1 fully saturated rings. The van der Waals surface area contributed by atoms with Gasteiger partial charge in [0.15, 0.2) is 5.58 Å². The molecule has 1 N–H and O–H groups in total. The Kier molecular flexibility index (Phi) is 5.33. The number of sulfonamides is 1. The zero-order valence-corrected chi connectivity index (χ0v) is 17.6. The number of oxazole rings is 1. The lowest BCUT2D eigenvalue weighted by Gasteiger charge is -2.33. The molecule has 0 bridgehead atoms. The molecule has 2 aromatic heterocycles. The third-order valence-electron chi connectivity index (χ3n) is 4.89. The Labute approximate surface area is 174 Å². The Balaban J connectivity index is 1.33. The first-order valence-corrected chi connectivity index (χ1v) is 11.5. The molecular formula is C20H23N5O4S. The van der Waals surface area contributed by atoms with Crippen LogP contribution in [0.15, 0.2) is 40.9 Å². The summed E-state index contributed by atoms with van der Waals surface area (Å²) in [5, 5.41) is 0. The molecule has 158 valence electrons. The molecule has 4 rings (SSSR count). The molecule has 10 heteroatoms. The van der Waals surface area contributed by atoms with E-state index in [9.17, 15) is 13.2 Å². The van der Waals surface area contributed by atoms with Crippen LogP contribution in [0.4, 0.5) is 11.7 Å². The maximum Gasteiger partial charge on any atom is 0.300 e. The smallest absolute Gasteiger partial charge is 0.300 e. The minimum absolute atomic E-state index is 0.0355. The molecule has 1 saturated heterocycles. The summed E-state index contributed by atoms with van der Waals surface area (Å²) < 4.78 is 30.8. The first-order chi connectivity index (χ1) is 14.3. The number of nitrogens with one attached hydrogen (secondary N) is 1. The Bertz CT molecular complexity index is 1170. The second-order valence-electron chi connectivity index (χ2n) is 7.45. The highest BCUT2D eigenvalue weighted by atomic mass is 32.2. The van der Waals surface area contributed by atoms with Crippen LogP contribution in [0.5, 0.6) is 0 Å². The number of rotatable bonds is 5. The van der Waals surface area contributed by atoms with Crippen molar-refractivity contribution >= 4 is 38.9 Å². The van der Waals surface area contributed by atoms with Crippen molar-refractivity contribution in [1.29, 1.82) is 0 Å². The predicted molar refractivity (Wildman–Crippen MR) is 114 cm³/mol. The van der Waals surface area contributed by atoms with E-state index in [1.54, 1.807) is 30.5 Å². The van der Waals surface area contributed by atoms with Crippen molar-refractivity contribution in [3.8, 4) is 0 Å². The number of carbonyl (C=O) groups is 1. The van der Waals surface area contributed by atoms with E-state index in [0.717, 1.165) is 17.4 Å². The highest BCUT2D eigenvalue weighted by Crippen LogP contribution is 2.22. The van der Waals surface area contributed by atoms with Crippen LogP contribution >= 0.6 is 0 Å². The summed E-state index contributed by atoms with van der Waals surface area (Å²) in [7, 11) is -3.32. The average Bonchev–Trinajstić information content (AvgIpc) is 3.11. The van der Waals surface area contributed by atoms with E-state index in [1.165, 1.54) is 0 Å². The lowest BCUT2D eigenvalue weighted by Crippen LogP contribution is -2.49. The summed E-state index contributed by atoms with van der Waals surface area (Å²) >= 11 is 0. The maximum atomic E-state index is 12.6. The van der Waals surface area contributed by atoms with Gasteiger partial charge in [-0.15, -0.1) is 0 Å². The summed E-state index contributed by atoms with van der Waals surface area (Å²) in [6.07, 6.45) is 3.13. The van der Waals surface area contributed by atoms with Gasteiger partial charge in [0.1, 0.15) is 0 Å². The van der Waals surface area contributed by atoms with Gasteiger partial charge < -0.3 is 14.2 Å². The number of amides is 1. The standard InChI is InChI=1S/C20H23N5O4S/c1-14-11-17-19(21-13-14)22-20(29-17)25-9-7-24(8-10-25)18(26)12-15-3-5-16(6-4-15)23-30(2,27)28/h3-6,11,13,23H,7-10,12H2,1-2H3. The zero-order valence-electron chi connectivity index (χ0n) is 16.8. The number of pyridine rings is 1. The van der Waals surface area contributed by atoms with Crippen LogP contribution in [-0.4, -0.2) is 61.6 Å². The third kappa shape index (κ3) is 4.70.